The predicted molar refractivity (Wildman–Crippen MR) is 105 cm³/mol. The number of guanidine groups is 1. The number of aliphatic imine (C=N–C) groups is 1. The first kappa shape index (κ1) is 17.6. The van der Waals surface area contributed by atoms with Gasteiger partial charge in [0, 0.05) is 39.8 Å². The highest BCUT2D eigenvalue weighted by atomic mass is 16.3. The van der Waals surface area contributed by atoms with Gasteiger partial charge in [-0.25, -0.2) is 0 Å². The number of aryl methyl sites for hydroxylation is 2. The summed E-state index contributed by atoms with van der Waals surface area (Å²) in [6, 6.07) is 10.3. The molecule has 2 aliphatic rings. The number of fused-ring (bicyclic) bond motifs is 1. The molecule has 0 radical (unpaired) electrons. The zero-order valence-corrected chi connectivity index (χ0v) is 15.8. The summed E-state index contributed by atoms with van der Waals surface area (Å²) >= 11 is 0. The fourth-order valence-electron chi connectivity index (χ4n) is 3.93. The average molecular weight is 366 g/mol. The van der Waals surface area contributed by atoms with E-state index in [0.29, 0.717) is 18.8 Å². The molecule has 0 bridgehead atoms. The Morgan fingerprint density at radius 2 is 1.89 bits per heavy atom. The number of nitrogens with one attached hydrogen (secondary N) is 1. The van der Waals surface area contributed by atoms with Crippen molar-refractivity contribution in [3.63, 3.8) is 0 Å². The molecular weight excluding hydrogens is 340 g/mol. The van der Waals surface area contributed by atoms with Gasteiger partial charge in [-0.2, -0.15) is 0 Å². The van der Waals surface area contributed by atoms with Crippen LogP contribution in [0.1, 0.15) is 33.7 Å². The molecule has 0 unspecified atom stereocenters. The van der Waals surface area contributed by atoms with Crippen LogP contribution < -0.4 is 5.32 Å². The smallest absolute Gasteiger partial charge is 0.289 e. The van der Waals surface area contributed by atoms with Crippen LogP contribution in [-0.2, 0) is 19.4 Å². The number of carbonyl (C=O) groups excluding carboxylic acids is 1. The maximum Gasteiger partial charge on any atom is 0.289 e. The predicted octanol–water partition coefficient (Wildman–Crippen LogP) is 2.30. The first-order chi connectivity index (χ1) is 13.2. The molecule has 1 aliphatic heterocycles. The quantitative estimate of drug-likeness (QED) is 0.669. The number of rotatable bonds is 3. The normalized spacial score (nSPS) is 17.1. The molecule has 1 aliphatic carbocycles. The minimum absolute atomic E-state index is 0.0410. The van der Waals surface area contributed by atoms with Gasteiger partial charge in [0.15, 0.2) is 11.7 Å². The van der Waals surface area contributed by atoms with Gasteiger partial charge in [0.1, 0.15) is 0 Å². The highest BCUT2D eigenvalue weighted by Gasteiger charge is 2.25. The molecular formula is C21H26N4O2. The lowest BCUT2D eigenvalue weighted by Gasteiger charge is -2.36. The summed E-state index contributed by atoms with van der Waals surface area (Å²) in [5.41, 5.74) is 4.29. The summed E-state index contributed by atoms with van der Waals surface area (Å²) in [7, 11) is 1.81. The Morgan fingerprint density at radius 1 is 1.11 bits per heavy atom. The number of furan rings is 1. The molecule has 1 fully saturated rings. The first-order valence-corrected chi connectivity index (χ1v) is 9.63. The molecule has 1 aromatic carbocycles. The Kier molecular flexibility index (Phi) is 5.14. The van der Waals surface area contributed by atoms with Crippen molar-refractivity contribution in [3.05, 3.63) is 59.0 Å². The summed E-state index contributed by atoms with van der Waals surface area (Å²) in [5.74, 6) is 1.25. The standard InChI is InChI=1S/C21H26N4O2/c1-22-21(23-15-16-7-8-17-4-2-5-18(17)14-16)25-11-9-24(10-12-25)20(26)19-6-3-13-27-19/h3,6-8,13-14H,2,4-5,9-12,15H2,1H3,(H,22,23). The van der Waals surface area contributed by atoms with Crippen LogP contribution in [0.25, 0.3) is 0 Å². The van der Waals surface area contributed by atoms with E-state index in [1.165, 1.54) is 42.2 Å². The highest BCUT2D eigenvalue weighted by molar-refractivity contribution is 5.91. The lowest BCUT2D eigenvalue weighted by molar-refractivity contribution is 0.0657. The van der Waals surface area contributed by atoms with E-state index in [-0.39, 0.29) is 5.91 Å². The molecule has 6 nitrogen and oxygen atoms in total. The summed E-state index contributed by atoms with van der Waals surface area (Å²) in [6.45, 7) is 3.62. The van der Waals surface area contributed by atoms with Crippen LogP contribution in [-0.4, -0.2) is 54.9 Å². The lowest BCUT2D eigenvalue weighted by Crippen LogP contribution is -2.53. The van der Waals surface area contributed by atoms with Gasteiger partial charge in [-0.1, -0.05) is 18.2 Å². The van der Waals surface area contributed by atoms with E-state index in [0.717, 1.165) is 25.6 Å². The largest absolute Gasteiger partial charge is 0.459 e. The third kappa shape index (κ3) is 3.84. The molecule has 1 saturated heterocycles. The number of hydrogen-bond donors (Lipinski definition) is 1. The maximum absolute atomic E-state index is 12.4. The molecule has 1 N–H and O–H groups in total. The molecule has 27 heavy (non-hydrogen) atoms. The van der Waals surface area contributed by atoms with Gasteiger partial charge < -0.3 is 19.5 Å². The van der Waals surface area contributed by atoms with Crippen molar-refractivity contribution >= 4 is 11.9 Å². The van der Waals surface area contributed by atoms with E-state index in [1.807, 2.05) is 11.9 Å². The van der Waals surface area contributed by atoms with E-state index in [2.05, 4.69) is 33.4 Å². The van der Waals surface area contributed by atoms with Crippen LogP contribution in [0.5, 0.6) is 0 Å². The Balaban J connectivity index is 1.31. The number of benzene rings is 1. The molecule has 6 heteroatoms. The zero-order chi connectivity index (χ0) is 18.6. The molecule has 4 rings (SSSR count). The third-order valence-electron chi connectivity index (χ3n) is 5.42. The third-order valence-corrected chi connectivity index (χ3v) is 5.42. The lowest BCUT2D eigenvalue weighted by atomic mass is 10.1. The maximum atomic E-state index is 12.4. The highest BCUT2D eigenvalue weighted by Crippen LogP contribution is 2.22. The first-order valence-electron chi connectivity index (χ1n) is 9.63. The van der Waals surface area contributed by atoms with E-state index >= 15 is 0 Å². The van der Waals surface area contributed by atoms with E-state index < -0.39 is 0 Å². The van der Waals surface area contributed by atoms with Crippen LogP contribution in [0.2, 0.25) is 0 Å². The van der Waals surface area contributed by atoms with Gasteiger partial charge in [0.05, 0.1) is 6.26 Å². The summed E-state index contributed by atoms with van der Waals surface area (Å²) in [6.07, 6.45) is 5.22. The van der Waals surface area contributed by atoms with Gasteiger partial charge in [-0.3, -0.25) is 9.79 Å². The zero-order valence-electron chi connectivity index (χ0n) is 15.8. The van der Waals surface area contributed by atoms with Crippen LogP contribution in [0.4, 0.5) is 0 Å². The van der Waals surface area contributed by atoms with Crippen molar-refractivity contribution in [2.75, 3.05) is 33.2 Å². The molecule has 0 atom stereocenters. The number of nitrogens with zero attached hydrogens (tertiary/aromatic N) is 3. The van der Waals surface area contributed by atoms with E-state index in [4.69, 9.17) is 4.42 Å². The van der Waals surface area contributed by atoms with Crippen molar-refractivity contribution in [2.24, 2.45) is 4.99 Å². The Morgan fingerprint density at radius 3 is 2.63 bits per heavy atom. The van der Waals surface area contributed by atoms with Gasteiger partial charge >= 0.3 is 0 Å². The van der Waals surface area contributed by atoms with Gasteiger partial charge in [0.2, 0.25) is 0 Å². The topological polar surface area (TPSA) is 61.1 Å². The number of carbonyl (C=O) groups is 1. The number of piperazine rings is 1. The van der Waals surface area contributed by atoms with Crippen molar-refractivity contribution in [1.29, 1.82) is 0 Å². The van der Waals surface area contributed by atoms with Crippen molar-refractivity contribution in [3.8, 4) is 0 Å². The summed E-state index contributed by atoms with van der Waals surface area (Å²) in [5, 5.41) is 3.47. The second-order valence-corrected chi connectivity index (χ2v) is 7.11. The number of hydrogen-bond acceptors (Lipinski definition) is 3. The van der Waals surface area contributed by atoms with Crippen LogP contribution in [0.15, 0.2) is 46.0 Å². The second-order valence-electron chi connectivity index (χ2n) is 7.11. The minimum Gasteiger partial charge on any atom is -0.459 e. The van der Waals surface area contributed by atoms with E-state index in [9.17, 15) is 4.79 Å². The molecule has 0 spiro atoms. The van der Waals surface area contributed by atoms with Crippen LogP contribution in [0.3, 0.4) is 0 Å². The van der Waals surface area contributed by atoms with Crippen LogP contribution in [0, 0.1) is 0 Å². The molecule has 0 saturated carbocycles. The average Bonchev–Trinajstić information content (AvgIpc) is 3.40. The van der Waals surface area contributed by atoms with Crippen LogP contribution >= 0.6 is 0 Å². The molecule has 2 aromatic rings. The molecule has 1 aromatic heterocycles. The molecule has 142 valence electrons. The Labute approximate surface area is 159 Å². The Bertz CT molecular complexity index is 821. The van der Waals surface area contributed by atoms with E-state index in [1.54, 1.807) is 12.1 Å². The minimum atomic E-state index is -0.0410. The van der Waals surface area contributed by atoms with Crippen molar-refractivity contribution in [2.45, 2.75) is 25.8 Å². The van der Waals surface area contributed by atoms with Crippen molar-refractivity contribution in [1.82, 2.24) is 15.1 Å². The number of amides is 1. The fraction of sp³-hybridized carbons (Fsp3) is 0.429. The van der Waals surface area contributed by atoms with Crippen molar-refractivity contribution < 1.29 is 9.21 Å². The van der Waals surface area contributed by atoms with Gasteiger partial charge in [-0.05, 0) is 48.1 Å². The second kappa shape index (κ2) is 7.86. The fourth-order valence-corrected chi connectivity index (χ4v) is 3.93. The molecule has 2 heterocycles. The van der Waals surface area contributed by atoms with Gasteiger partial charge in [-0.15, -0.1) is 0 Å². The molecule has 1 amide bonds. The van der Waals surface area contributed by atoms with Gasteiger partial charge in [0.25, 0.3) is 5.91 Å². The monoisotopic (exact) mass is 366 g/mol. The SMILES string of the molecule is CN=C(NCc1ccc2c(c1)CCC2)N1CCN(C(=O)c2ccco2)CC1. The Hall–Kier alpha value is -2.76. The summed E-state index contributed by atoms with van der Waals surface area (Å²) < 4.78 is 5.22. The summed E-state index contributed by atoms with van der Waals surface area (Å²) in [4.78, 5) is 20.9.